The number of aliphatic hydroxyl groups excluding tert-OH is 1. The Hall–Kier alpha value is -2.19. The van der Waals surface area contributed by atoms with Crippen LogP contribution >= 0.6 is 0 Å². The summed E-state index contributed by atoms with van der Waals surface area (Å²) in [4.78, 5) is 46.5. The minimum absolute atomic E-state index is 0.0587. The average Bonchev–Trinajstić information content (AvgIpc) is 3.44. The van der Waals surface area contributed by atoms with Gasteiger partial charge in [-0.05, 0) is 77.0 Å². The first kappa shape index (κ1) is 34.3. The molecule has 1 spiro atoms. The third kappa shape index (κ3) is 6.50. The van der Waals surface area contributed by atoms with Crippen molar-refractivity contribution in [1.29, 1.82) is 0 Å². The van der Waals surface area contributed by atoms with Crippen molar-refractivity contribution in [3.05, 3.63) is 25.3 Å². The number of hydrogen-bond acceptors (Lipinski definition) is 6. The van der Waals surface area contributed by atoms with E-state index in [1.165, 1.54) is 0 Å². The van der Waals surface area contributed by atoms with E-state index in [1.807, 2.05) is 45.6 Å². The maximum atomic E-state index is 14.9. The summed E-state index contributed by atoms with van der Waals surface area (Å²) in [5, 5.41) is 10.6. The van der Waals surface area contributed by atoms with Crippen LogP contribution in [0, 0.1) is 23.2 Å². The predicted octanol–water partition coefficient (Wildman–Crippen LogP) is 5.29. The zero-order valence-corrected chi connectivity index (χ0v) is 27.4. The highest BCUT2D eigenvalue weighted by Crippen LogP contribution is 2.64. The highest BCUT2D eigenvalue weighted by Gasteiger charge is 2.79. The lowest BCUT2D eigenvalue weighted by atomic mass is 9.66. The van der Waals surface area contributed by atoms with Gasteiger partial charge in [-0.2, -0.15) is 0 Å². The summed E-state index contributed by atoms with van der Waals surface area (Å²) in [6.07, 6.45) is 8.26. The number of unbranched alkanes of at least 4 members (excludes halogenated alkanes) is 2. The van der Waals surface area contributed by atoms with E-state index in [4.69, 9.17) is 9.47 Å². The first-order valence-electron chi connectivity index (χ1n) is 15.8. The Morgan fingerprint density at radius 3 is 2.38 bits per heavy atom. The van der Waals surface area contributed by atoms with Gasteiger partial charge < -0.3 is 24.4 Å². The molecule has 6 atom stereocenters. The standard InChI is InChI=1S/C34H56N2O6/c1-11-13-14-15-19-41-30(40)26-25-28(38)36(24(21-37)20-23(3)4)27(34(25)17-16-33(26,10)42-34)29(39)35(18-12-2)32(8,9)22-31(5,6)7/h11-12,23-27,37H,1-2,13-22H2,3-10H3/t24-,25+,26-,27?,33+,34?/m1/s1. The molecule has 42 heavy (non-hydrogen) atoms. The summed E-state index contributed by atoms with van der Waals surface area (Å²) in [5.41, 5.74) is -2.68. The average molecular weight is 589 g/mol. The molecule has 0 aromatic carbocycles. The molecule has 2 amide bonds. The Morgan fingerprint density at radius 1 is 1.17 bits per heavy atom. The van der Waals surface area contributed by atoms with Crippen LogP contribution in [0.2, 0.25) is 0 Å². The van der Waals surface area contributed by atoms with Gasteiger partial charge in [0.05, 0.1) is 30.8 Å². The molecule has 3 aliphatic rings. The smallest absolute Gasteiger partial charge is 0.312 e. The van der Waals surface area contributed by atoms with Gasteiger partial charge in [0.15, 0.2) is 0 Å². The fraction of sp³-hybridized carbons (Fsp3) is 0.794. The molecule has 2 unspecified atom stereocenters. The van der Waals surface area contributed by atoms with Crippen LogP contribution in [0.3, 0.4) is 0 Å². The fourth-order valence-corrected chi connectivity index (χ4v) is 8.17. The largest absolute Gasteiger partial charge is 0.465 e. The third-order valence-electron chi connectivity index (χ3n) is 9.37. The van der Waals surface area contributed by atoms with Crippen LogP contribution in [-0.4, -0.2) is 81.3 Å². The molecule has 0 aliphatic carbocycles. The van der Waals surface area contributed by atoms with E-state index in [0.717, 1.165) is 19.3 Å². The molecule has 3 saturated heterocycles. The molecule has 238 valence electrons. The van der Waals surface area contributed by atoms with Crippen molar-refractivity contribution in [2.24, 2.45) is 23.2 Å². The number of rotatable bonds is 15. The molecule has 8 heteroatoms. The van der Waals surface area contributed by atoms with Crippen LogP contribution in [0.25, 0.3) is 0 Å². The van der Waals surface area contributed by atoms with Crippen molar-refractivity contribution in [3.8, 4) is 0 Å². The Balaban J connectivity index is 2.09. The van der Waals surface area contributed by atoms with Gasteiger partial charge in [0.2, 0.25) is 11.8 Å². The zero-order valence-electron chi connectivity index (χ0n) is 27.4. The predicted molar refractivity (Wildman–Crippen MR) is 164 cm³/mol. The molecule has 3 fully saturated rings. The normalized spacial score (nSPS) is 29.5. The molecule has 0 radical (unpaired) electrons. The minimum atomic E-state index is -1.17. The molecule has 3 aliphatic heterocycles. The summed E-state index contributed by atoms with van der Waals surface area (Å²) in [6.45, 7) is 24.4. The Morgan fingerprint density at radius 2 is 1.83 bits per heavy atom. The molecular weight excluding hydrogens is 532 g/mol. The second kappa shape index (κ2) is 12.8. The van der Waals surface area contributed by atoms with Crippen LogP contribution in [0.1, 0.15) is 100 Å². The summed E-state index contributed by atoms with van der Waals surface area (Å²) in [6, 6.07) is -1.54. The number of hydrogen-bond donors (Lipinski definition) is 1. The molecule has 0 aromatic heterocycles. The van der Waals surface area contributed by atoms with Gasteiger partial charge in [-0.3, -0.25) is 14.4 Å². The van der Waals surface area contributed by atoms with E-state index in [9.17, 15) is 19.5 Å². The van der Waals surface area contributed by atoms with E-state index in [2.05, 4.69) is 33.9 Å². The number of allylic oxidation sites excluding steroid dienone is 1. The van der Waals surface area contributed by atoms with Crippen molar-refractivity contribution in [2.75, 3.05) is 19.8 Å². The lowest BCUT2D eigenvalue weighted by Gasteiger charge is -2.46. The summed E-state index contributed by atoms with van der Waals surface area (Å²) in [5.74, 6) is -2.43. The monoisotopic (exact) mass is 588 g/mol. The van der Waals surface area contributed by atoms with Gasteiger partial charge in [-0.15, -0.1) is 13.2 Å². The highest BCUT2D eigenvalue weighted by atomic mass is 16.6. The molecule has 1 N–H and O–H groups in total. The Kier molecular flexibility index (Phi) is 10.5. The maximum Gasteiger partial charge on any atom is 0.312 e. The molecular formula is C34H56N2O6. The molecule has 0 saturated carbocycles. The van der Waals surface area contributed by atoms with Gasteiger partial charge in [0.1, 0.15) is 17.6 Å². The van der Waals surface area contributed by atoms with E-state index < -0.39 is 46.6 Å². The summed E-state index contributed by atoms with van der Waals surface area (Å²) in [7, 11) is 0. The number of carbonyl (C=O) groups excluding carboxylic acids is 3. The lowest BCUT2D eigenvalue weighted by molar-refractivity contribution is -0.163. The van der Waals surface area contributed by atoms with E-state index >= 15 is 0 Å². The van der Waals surface area contributed by atoms with E-state index in [0.29, 0.717) is 32.2 Å². The number of amides is 2. The second-order valence-electron chi connectivity index (χ2n) is 15.2. The van der Waals surface area contributed by atoms with Crippen molar-refractivity contribution in [1.82, 2.24) is 9.80 Å². The van der Waals surface area contributed by atoms with Gasteiger partial charge in [0.25, 0.3) is 0 Å². The molecule has 3 rings (SSSR count). The number of aliphatic hydroxyl groups is 1. The molecule has 2 bridgehead atoms. The quantitative estimate of drug-likeness (QED) is 0.159. The van der Waals surface area contributed by atoms with Crippen LogP contribution in [0.4, 0.5) is 0 Å². The van der Waals surface area contributed by atoms with Crippen molar-refractivity contribution >= 4 is 17.8 Å². The number of esters is 1. The number of carbonyl (C=O) groups is 3. The topological polar surface area (TPSA) is 96.4 Å². The third-order valence-corrected chi connectivity index (χ3v) is 9.37. The minimum Gasteiger partial charge on any atom is -0.465 e. The lowest BCUT2D eigenvalue weighted by Crippen LogP contribution is -2.62. The van der Waals surface area contributed by atoms with Gasteiger partial charge in [-0.25, -0.2) is 0 Å². The van der Waals surface area contributed by atoms with E-state index in [-0.39, 0.29) is 36.4 Å². The van der Waals surface area contributed by atoms with Crippen LogP contribution in [0.5, 0.6) is 0 Å². The fourth-order valence-electron chi connectivity index (χ4n) is 8.17. The summed E-state index contributed by atoms with van der Waals surface area (Å²) >= 11 is 0. The summed E-state index contributed by atoms with van der Waals surface area (Å²) < 4.78 is 12.5. The van der Waals surface area contributed by atoms with Gasteiger partial charge >= 0.3 is 5.97 Å². The maximum absolute atomic E-state index is 14.9. The van der Waals surface area contributed by atoms with Crippen molar-refractivity contribution < 1.29 is 29.0 Å². The number of nitrogens with zero attached hydrogens (tertiary/aromatic N) is 2. The number of fused-ring (bicyclic) bond motifs is 1. The van der Waals surface area contributed by atoms with Gasteiger partial charge in [-0.1, -0.05) is 46.8 Å². The zero-order chi connectivity index (χ0) is 31.7. The molecule has 3 heterocycles. The molecule has 0 aromatic rings. The second-order valence-corrected chi connectivity index (χ2v) is 15.2. The van der Waals surface area contributed by atoms with Crippen LogP contribution in [0.15, 0.2) is 25.3 Å². The number of ether oxygens (including phenoxy) is 2. The van der Waals surface area contributed by atoms with Crippen LogP contribution < -0.4 is 0 Å². The van der Waals surface area contributed by atoms with E-state index in [1.54, 1.807) is 11.0 Å². The number of likely N-dealkylation sites (tertiary alicyclic amines) is 1. The van der Waals surface area contributed by atoms with Gasteiger partial charge in [0, 0.05) is 12.1 Å². The van der Waals surface area contributed by atoms with Crippen molar-refractivity contribution in [2.45, 2.75) is 129 Å². The molecule has 8 nitrogen and oxygen atoms in total. The SMILES string of the molecule is C=CCCCCOC(=O)[C@H]1[C@H]2C(=O)N([C@@H](CO)CC(C)C)C(C(=O)N(CC=C)C(C)(C)CC(C)(C)C)C23CC[C@]1(C)O3. The Labute approximate surface area is 253 Å². The first-order valence-corrected chi connectivity index (χ1v) is 15.8. The highest BCUT2D eigenvalue weighted by molar-refractivity contribution is 5.99. The van der Waals surface area contributed by atoms with Crippen molar-refractivity contribution in [3.63, 3.8) is 0 Å². The Bertz CT molecular complexity index is 1030. The first-order chi connectivity index (χ1) is 19.5. The van der Waals surface area contributed by atoms with Crippen LogP contribution in [-0.2, 0) is 23.9 Å².